The second-order valence-corrected chi connectivity index (χ2v) is 8.34. The highest BCUT2D eigenvalue weighted by atomic mass is 19.1. The molecule has 1 aromatic carbocycles. The van der Waals surface area contributed by atoms with E-state index in [1.807, 2.05) is 24.3 Å². The Balaban J connectivity index is 1.42. The molecule has 8 heteroatoms. The van der Waals surface area contributed by atoms with Crippen molar-refractivity contribution in [2.45, 2.75) is 32.4 Å². The van der Waals surface area contributed by atoms with Gasteiger partial charge in [-0.3, -0.25) is 14.6 Å². The van der Waals surface area contributed by atoms with Crippen molar-refractivity contribution in [1.82, 2.24) is 19.7 Å². The second-order valence-electron chi connectivity index (χ2n) is 8.34. The van der Waals surface area contributed by atoms with E-state index in [0.29, 0.717) is 25.4 Å². The van der Waals surface area contributed by atoms with Crippen LogP contribution in [0.15, 0.2) is 36.4 Å². The summed E-state index contributed by atoms with van der Waals surface area (Å²) in [7, 11) is 1.54. The highest BCUT2D eigenvalue weighted by Gasteiger charge is 2.35. The van der Waals surface area contributed by atoms with Crippen LogP contribution in [-0.4, -0.2) is 71.5 Å². The number of amides is 3. The Kier molecular flexibility index (Phi) is 7.12. The van der Waals surface area contributed by atoms with Crippen LogP contribution in [0.3, 0.4) is 0 Å². The van der Waals surface area contributed by atoms with Crippen molar-refractivity contribution in [3.05, 3.63) is 53.5 Å². The number of nitrogens with zero attached hydrogens (tertiary/aromatic N) is 4. The van der Waals surface area contributed by atoms with Crippen molar-refractivity contribution < 1.29 is 18.7 Å². The molecule has 4 rings (SSSR count). The molecule has 2 aromatic rings. The first-order valence-corrected chi connectivity index (χ1v) is 11.1. The highest BCUT2D eigenvalue weighted by Crippen LogP contribution is 2.22. The molecule has 2 aliphatic rings. The summed E-state index contributed by atoms with van der Waals surface area (Å²) in [5, 5.41) is 0. The third kappa shape index (κ3) is 5.14. The molecule has 3 amide bonds. The molecule has 0 unspecified atom stereocenters. The van der Waals surface area contributed by atoms with Crippen molar-refractivity contribution in [3.8, 4) is 11.3 Å². The van der Waals surface area contributed by atoms with Gasteiger partial charge in [-0.25, -0.2) is 14.2 Å². The summed E-state index contributed by atoms with van der Waals surface area (Å²) in [4.78, 5) is 34.2. The van der Waals surface area contributed by atoms with Crippen LogP contribution >= 0.6 is 0 Å². The average molecular weight is 441 g/mol. The van der Waals surface area contributed by atoms with Gasteiger partial charge in [0.2, 0.25) is 5.91 Å². The molecule has 0 spiro atoms. The molecule has 2 fully saturated rings. The van der Waals surface area contributed by atoms with Gasteiger partial charge in [-0.15, -0.1) is 0 Å². The molecule has 0 bridgehead atoms. The lowest BCUT2D eigenvalue weighted by atomic mass is 10.1. The number of hydrogen-bond donors (Lipinski definition) is 0. The molecule has 0 N–H and O–H groups in total. The van der Waals surface area contributed by atoms with Crippen LogP contribution in [0.5, 0.6) is 0 Å². The van der Waals surface area contributed by atoms with Crippen LogP contribution in [0, 0.1) is 5.82 Å². The molecule has 32 heavy (non-hydrogen) atoms. The Labute approximate surface area is 187 Å². The van der Waals surface area contributed by atoms with Gasteiger partial charge in [0.25, 0.3) is 0 Å². The lowest BCUT2D eigenvalue weighted by molar-refractivity contribution is -0.125. The van der Waals surface area contributed by atoms with Gasteiger partial charge in [0.05, 0.1) is 24.5 Å². The van der Waals surface area contributed by atoms with Gasteiger partial charge in [-0.1, -0.05) is 30.7 Å². The van der Waals surface area contributed by atoms with Gasteiger partial charge in [0.1, 0.15) is 12.4 Å². The molecule has 7 nitrogen and oxygen atoms in total. The summed E-state index contributed by atoms with van der Waals surface area (Å²) in [6.07, 6.45) is 3.54. The fourth-order valence-corrected chi connectivity index (χ4v) is 4.21. The standard InChI is InChI=1S/C24H29FN4O3/c1-32-14-13-29-23(30)17-28(24(29)31)15-18-5-7-19(8-6-18)21-10-9-20(25)22(26-21)16-27-11-3-2-4-12-27/h5-10H,2-4,11-17H2,1H3. The van der Waals surface area contributed by atoms with E-state index in [1.165, 1.54) is 29.4 Å². The maximum atomic E-state index is 14.3. The van der Waals surface area contributed by atoms with Crippen LogP contribution in [-0.2, 0) is 22.6 Å². The minimum Gasteiger partial charge on any atom is -0.383 e. The molecule has 3 heterocycles. The molecule has 0 radical (unpaired) electrons. The molecule has 1 aromatic heterocycles. The fourth-order valence-electron chi connectivity index (χ4n) is 4.21. The first-order chi connectivity index (χ1) is 15.5. The third-order valence-corrected chi connectivity index (χ3v) is 6.01. The molecule has 0 atom stereocenters. The third-order valence-electron chi connectivity index (χ3n) is 6.01. The van der Waals surface area contributed by atoms with Gasteiger partial charge in [0, 0.05) is 25.8 Å². The Hall–Kier alpha value is -2.84. The number of rotatable bonds is 8. The predicted molar refractivity (Wildman–Crippen MR) is 118 cm³/mol. The predicted octanol–water partition coefficient (Wildman–Crippen LogP) is 3.28. The number of halogens is 1. The summed E-state index contributed by atoms with van der Waals surface area (Å²) in [5.74, 6) is -0.480. The summed E-state index contributed by atoms with van der Waals surface area (Å²) in [6, 6.07) is 10.6. The summed E-state index contributed by atoms with van der Waals surface area (Å²) in [6.45, 7) is 3.52. The fraction of sp³-hybridized carbons (Fsp3) is 0.458. The number of hydrogen-bond acceptors (Lipinski definition) is 5. The zero-order valence-electron chi connectivity index (χ0n) is 18.4. The normalized spacial score (nSPS) is 17.4. The first kappa shape index (κ1) is 22.4. The monoisotopic (exact) mass is 440 g/mol. The van der Waals surface area contributed by atoms with Crippen LogP contribution in [0.2, 0.25) is 0 Å². The van der Waals surface area contributed by atoms with Crippen LogP contribution < -0.4 is 0 Å². The Morgan fingerprint density at radius 3 is 2.47 bits per heavy atom. The number of imide groups is 1. The molecule has 2 aliphatic heterocycles. The quantitative estimate of drug-likeness (QED) is 0.590. The second kappa shape index (κ2) is 10.2. The Morgan fingerprint density at radius 2 is 1.75 bits per heavy atom. The van der Waals surface area contributed by atoms with Gasteiger partial charge < -0.3 is 9.64 Å². The van der Waals surface area contributed by atoms with Crippen LogP contribution in [0.4, 0.5) is 9.18 Å². The van der Waals surface area contributed by atoms with Crippen LogP contribution in [0.25, 0.3) is 11.3 Å². The zero-order chi connectivity index (χ0) is 22.5. The van der Waals surface area contributed by atoms with Gasteiger partial charge >= 0.3 is 6.03 Å². The number of benzene rings is 1. The average Bonchev–Trinajstić information content (AvgIpc) is 3.07. The number of pyridine rings is 1. The SMILES string of the molecule is COCCN1C(=O)CN(Cc2ccc(-c3ccc(F)c(CN4CCCCC4)n3)cc2)C1=O. The number of carbonyl (C=O) groups is 2. The number of carbonyl (C=O) groups excluding carboxylic acids is 2. The van der Waals surface area contributed by atoms with Crippen molar-refractivity contribution in [2.75, 3.05) is 39.9 Å². The largest absolute Gasteiger partial charge is 0.383 e. The maximum absolute atomic E-state index is 14.3. The van der Waals surface area contributed by atoms with Gasteiger partial charge in [-0.05, 0) is 43.6 Å². The highest BCUT2D eigenvalue weighted by molar-refractivity contribution is 6.01. The van der Waals surface area contributed by atoms with Gasteiger partial charge in [-0.2, -0.15) is 0 Å². The Morgan fingerprint density at radius 1 is 1.00 bits per heavy atom. The number of ether oxygens (including phenoxy) is 1. The minimum absolute atomic E-state index is 0.0731. The van der Waals surface area contributed by atoms with E-state index >= 15 is 0 Å². The number of likely N-dealkylation sites (tertiary alicyclic amines) is 1. The summed E-state index contributed by atoms with van der Waals surface area (Å²) in [5.41, 5.74) is 3.01. The minimum atomic E-state index is -0.293. The Bertz CT molecular complexity index is 960. The topological polar surface area (TPSA) is 66.0 Å². The van der Waals surface area contributed by atoms with Crippen molar-refractivity contribution >= 4 is 11.9 Å². The van der Waals surface area contributed by atoms with E-state index in [-0.39, 0.29) is 30.8 Å². The van der Waals surface area contributed by atoms with Gasteiger partial charge in [0.15, 0.2) is 0 Å². The van der Waals surface area contributed by atoms with E-state index in [2.05, 4.69) is 9.88 Å². The van der Waals surface area contributed by atoms with Crippen molar-refractivity contribution in [1.29, 1.82) is 0 Å². The van der Waals surface area contributed by atoms with E-state index in [4.69, 9.17) is 4.74 Å². The number of urea groups is 1. The number of aromatic nitrogens is 1. The molecular formula is C24H29FN4O3. The molecule has 0 saturated carbocycles. The smallest absolute Gasteiger partial charge is 0.327 e. The number of piperidine rings is 1. The maximum Gasteiger partial charge on any atom is 0.327 e. The van der Waals surface area contributed by atoms with Crippen LogP contribution in [0.1, 0.15) is 30.5 Å². The van der Waals surface area contributed by atoms with E-state index < -0.39 is 0 Å². The molecular weight excluding hydrogens is 411 g/mol. The molecule has 0 aliphatic carbocycles. The molecule has 170 valence electrons. The number of methoxy groups -OCH3 is 1. The summed E-state index contributed by atoms with van der Waals surface area (Å²) < 4.78 is 19.3. The lowest BCUT2D eigenvalue weighted by Gasteiger charge is -2.26. The van der Waals surface area contributed by atoms with Crippen molar-refractivity contribution in [2.24, 2.45) is 0 Å². The first-order valence-electron chi connectivity index (χ1n) is 11.1. The summed E-state index contributed by atoms with van der Waals surface area (Å²) >= 11 is 0. The molecule has 2 saturated heterocycles. The van der Waals surface area contributed by atoms with E-state index in [9.17, 15) is 14.0 Å². The van der Waals surface area contributed by atoms with Crippen molar-refractivity contribution in [3.63, 3.8) is 0 Å². The van der Waals surface area contributed by atoms with E-state index in [1.54, 1.807) is 6.07 Å². The van der Waals surface area contributed by atoms with E-state index in [0.717, 1.165) is 42.8 Å². The zero-order valence-corrected chi connectivity index (χ0v) is 18.4. The lowest BCUT2D eigenvalue weighted by Crippen LogP contribution is -2.35.